The number of rotatable bonds is 10. The molecule has 29 heavy (non-hydrogen) atoms. The Hall–Kier alpha value is -0.640. The largest absolute Gasteiger partial charge is 0.416 e. The van der Waals surface area contributed by atoms with Crippen LogP contribution in [0.3, 0.4) is 0 Å². The quantitative estimate of drug-likeness (QED) is 0.310. The minimum atomic E-state index is -4.49. The molecular weight excluding hydrogens is 471 g/mol. The number of benzene rings is 1. The number of sulfonamides is 1. The minimum Gasteiger partial charge on any atom is -0.378 e. The van der Waals surface area contributed by atoms with Crippen LogP contribution in [-0.4, -0.2) is 43.9 Å². The summed E-state index contributed by atoms with van der Waals surface area (Å²) in [6.45, 7) is 0.733. The third-order valence-corrected chi connectivity index (χ3v) is 7.88. The lowest BCUT2D eigenvalue weighted by Gasteiger charge is -2.34. The summed E-state index contributed by atoms with van der Waals surface area (Å²) in [5.74, 6) is 0. The SMILES string of the molecule is CN(C1CCC(OCCCCCCBr)CC1)S(=O)(=O)c1ccc(C(F)(F)F)cc1. The molecule has 0 saturated heterocycles. The van der Waals surface area contributed by atoms with Gasteiger partial charge in [-0.15, -0.1) is 0 Å². The Labute approximate surface area is 180 Å². The molecule has 9 heteroatoms. The van der Waals surface area contributed by atoms with Gasteiger partial charge in [-0.3, -0.25) is 0 Å². The molecule has 1 aromatic carbocycles. The maximum atomic E-state index is 12.8. The van der Waals surface area contributed by atoms with Crippen LogP contribution in [-0.2, 0) is 20.9 Å². The van der Waals surface area contributed by atoms with Crippen molar-refractivity contribution < 1.29 is 26.3 Å². The smallest absolute Gasteiger partial charge is 0.378 e. The average molecular weight is 500 g/mol. The zero-order chi connectivity index (χ0) is 21.5. The van der Waals surface area contributed by atoms with Crippen LogP contribution in [0.4, 0.5) is 13.2 Å². The molecule has 0 aliphatic heterocycles. The van der Waals surface area contributed by atoms with Crippen LogP contribution in [0.15, 0.2) is 29.2 Å². The van der Waals surface area contributed by atoms with Crippen molar-refractivity contribution in [2.45, 2.75) is 74.6 Å². The van der Waals surface area contributed by atoms with Crippen LogP contribution in [0, 0.1) is 0 Å². The number of alkyl halides is 4. The van der Waals surface area contributed by atoms with Gasteiger partial charge in [0.2, 0.25) is 10.0 Å². The molecule has 2 rings (SSSR count). The summed E-state index contributed by atoms with van der Waals surface area (Å²) >= 11 is 3.41. The van der Waals surface area contributed by atoms with E-state index in [1.54, 1.807) is 0 Å². The third-order valence-electron chi connectivity index (χ3n) is 5.40. The first kappa shape index (κ1) is 24.6. The van der Waals surface area contributed by atoms with Gasteiger partial charge in [-0.2, -0.15) is 17.5 Å². The maximum Gasteiger partial charge on any atom is 0.416 e. The molecule has 0 aromatic heterocycles. The van der Waals surface area contributed by atoms with Crippen molar-refractivity contribution in [2.24, 2.45) is 0 Å². The van der Waals surface area contributed by atoms with E-state index in [2.05, 4.69) is 15.9 Å². The van der Waals surface area contributed by atoms with Crippen LogP contribution in [0.25, 0.3) is 0 Å². The monoisotopic (exact) mass is 499 g/mol. The summed E-state index contributed by atoms with van der Waals surface area (Å²) < 4.78 is 70.9. The summed E-state index contributed by atoms with van der Waals surface area (Å²) in [6, 6.07) is 3.51. The summed E-state index contributed by atoms with van der Waals surface area (Å²) in [5, 5.41) is 1.03. The van der Waals surface area contributed by atoms with Gasteiger partial charge in [0.25, 0.3) is 0 Å². The molecule has 0 heterocycles. The van der Waals surface area contributed by atoms with Crippen LogP contribution >= 0.6 is 15.9 Å². The zero-order valence-electron chi connectivity index (χ0n) is 16.6. The predicted molar refractivity (Wildman–Crippen MR) is 111 cm³/mol. The van der Waals surface area contributed by atoms with Gasteiger partial charge in [-0.1, -0.05) is 28.8 Å². The Morgan fingerprint density at radius 3 is 2.17 bits per heavy atom. The topological polar surface area (TPSA) is 46.6 Å². The molecule has 1 aliphatic rings. The number of hydrogen-bond donors (Lipinski definition) is 0. The first-order valence-corrected chi connectivity index (χ1v) is 12.5. The highest BCUT2D eigenvalue weighted by Crippen LogP contribution is 2.32. The number of nitrogens with zero attached hydrogens (tertiary/aromatic N) is 1. The van der Waals surface area contributed by atoms with Crippen LogP contribution in [0.1, 0.15) is 56.9 Å². The highest BCUT2D eigenvalue weighted by molar-refractivity contribution is 9.09. The third kappa shape index (κ3) is 7.22. The molecule has 0 N–H and O–H groups in total. The summed E-state index contributed by atoms with van der Waals surface area (Å²) in [4.78, 5) is -0.116. The van der Waals surface area contributed by atoms with Crippen LogP contribution in [0.2, 0.25) is 0 Å². The Morgan fingerprint density at radius 1 is 1.03 bits per heavy atom. The zero-order valence-corrected chi connectivity index (χ0v) is 19.0. The highest BCUT2D eigenvalue weighted by atomic mass is 79.9. The van der Waals surface area contributed by atoms with E-state index in [0.29, 0.717) is 12.8 Å². The van der Waals surface area contributed by atoms with Gasteiger partial charge in [0.1, 0.15) is 0 Å². The van der Waals surface area contributed by atoms with E-state index in [1.165, 1.54) is 24.2 Å². The van der Waals surface area contributed by atoms with Crippen molar-refractivity contribution in [1.29, 1.82) is 0 Å². The van der Waals surface area contributed by atoms with Gasteiger partial charge >= 0.3 is 6.18 Å². The lowest BCUT2D eigenvalue weighted by molar-refractivity contribution is -0.137. The van der Waals surface area contributed by atoms with E-state index >= 15 is 0 Å². The lowest BCUT2D eigenvalue weighted by Crippen LogP contribution is -2.40. The van der Waals surface area contributed by atoms with Gasteiger partial charge in [-0.05, 0) is 62.8 Å². The molecule has 0 bridgehead atoms. The normalized spacial score (nSPS) is 20.9. The van der Waals surface area contributed by atoms with E-state index in [4.69, 9.17) is 4.74 Å². The fraction of sp³-hybridized carbons (Fsp3) is 0.700. The van der Waals surface area contributed by atoms with Gasteiger partial charge < -0.3 is 4.74 Å². The summed E-state index contributed by atoms with van der Waals surface area (Å²) in [6.07, 6.45) is 3.17. The van der Waals surface area contributed by atoms with E-state index in [9.17, 15) is 21.6 Å². The number of ether oxygens (including phenoxy) is 1. The second-order valence-corrected chi connectivity index (χ2v) is 10.2. The number of halogens is 4. The Kier molecular flexibility index (Phi) is 9.44. The van der Waals surface area contributed by atoms with Crippen molar-refractivity contribution >= 4 is 26.0 Å². The average Bonchev–Trinajstić information content (AvgIpc) is 2.70. The Morgan fingerprint density at radius 2 is 1.62 bits per heavy atom. The first-order chi connectivity index (χ1) is 13.7. The van der Waals surface area contributed by atoms with E-state index < -0.39 is 21.8 Å². The molecule has 1 saturated carbocycles. The maximum absolute atomic E-state index is 12.8. The fourth-order valence-electron chi connectivity index (χ4n) is 3.55. The van der Waals surface area contributed by atoms with E-state index in [1.807, 2.05) is 0 Å². The lowest BCUT2D eigenvalue weighted by atomic mass is 9.93. The molecule has 0 unspecified atom stereocenters. The Balaban J connectivity index is 1.84. The van der Waals surface area contributed by atoms with Crippen molar-refractivity contribution in [3.63, 3.8) is 0 Å². The van der Waals surface area contributed by atoms with Crippen molar-refractivity contribution in [2.75, 3.05) is 19.0 Å². The van der Waals surface area contributed by atoms with Crippen LogP contribution in [0.5, 0.6) is 0 Å². The number of hydrogen-bond acceptors (Lipinski definition) is 3. The molecule has 1 aromatic rings. The minimum absolute atomic E-state index is 0.116. The first-order valence-electron chi connectivity index (χ1n) is 9.99. The molecule has 0 atom stereocenters. The molecule has 0 spiro atoms. The van der Waals surface area contributed by atoms with Crippen LogP contribution < -0.4 is 0 Å². The second-order valence-electron chi connectivity index (χ2n) is 7.45. The van der Waals surface area contributed by atoms with Crippen molar-refractivity contribution in [3.05, 3.63) is 29.8 Å². The Bertz CT molecular complexity index is 717. The van der Waals surface area contributed by atoms with Gasteiger partial charge in [-0.25, -0.2) is 8.42 Å². The van der Waals surface area contributed by atoms with Crippen molar-refractivity contribution in [3.8, 4) is 0 Å². The molecular formula is C20H29BrF3NO3S. The molecule has 1 aliphatic carbocycles. The van der Waals surface area contributed by atoms with Gasteiger partial charge in [0.05, 0.1) is 16.6 Å². The fourth-order valence-corrected chi connectivity index (χ4v) is 5.37. The second kappa shape index (κ2) is 11.1. The van der Waals surface area contributed by atoms with Gasteiger partial charge in [0, 0.05) is 25.0 Å². The molecule has 0 radical (unpaired) electrons. The summed E-state index contributed by atoms with van der Waals surface area (Å²) in [5.41, 5.74) is -0.857. The number of unbranched alkanes of at least 4 members (excludes halogenated alkanes) is 3. The predicted octanol–water partition coefficient (Wildman–Crippen LogP) is 5.61. The molecule has 0 amide bonds. The van der Waals surface area contributed by atoms with E-state index in [-0.39, 0.29) is 17.0 Å². The molecule has 4 nitrogen and oxygen atoms in total. The van der Waals surface area contributed by atoms with Crippen molar-refractivity contribution in [1.82, 2.24) is 4.31 Å². The summed E-state index contributed by atoms with van der Waals surface area (Å²) in [7, 11) is -2.32. The molecule has 1 fully saturated rings. The van der Waals surface area contributed by atoms with E-state index in [0.717, 1.165) is 61.9 Å². The molecule has 166 valence electrons. The standard InChI is InChI=1S/C20H29BrF3NO3S/c1-25(29(26,27)19-12-6-16(7-13-19)20(22,23)24)17-8-10-18(11-9-17)28-15-5-3-2-4-14-21/h6-7,12-13,17-18H,2-5,8-11,14-15H2,1H3. The highest BCUT2D eigenvalue weighted by Gasteiger charge is 2.34. The van der Waals surface area contributed by atoms with Gasteiger partial charge in [0.15, 0.2) is 0 Å².